The van der Waals surface area contributed by atoms with Crippen LogP contribution in [0.1, 0.15) is 41.6 Å². The van der Waals surface area contributed by atoms with Gasteiger partial charge in [0.05, 0.1) is 5.56 Å². The number of carboxylic acids is 1. The quantitative estimate of drug-likeness (QED) is 0.785. The lowest BCUT2D eigenvalue weighted by Crippen LogP contribution is -2.31. The Morgan fingerprint density at radius 3 is 2.76 bits per heavy atom. The number of carbonyl (C=O) groups excluding carboxylic acids is 1. The van der Waals surface area contributed by atoms with Crippen LogP contribution in [0.5, 0.6) is 0 Å². The molecule has 0 atom stereocenters. The van der Waals surface area contributed by atoms with Crippen LogP contribution in [0, 0.1) is 11.3 Å². The third-order valence-corrected chi connectivity index (χ3v) is 4.38. The number of carboxylic acid groups (broad SMARTS) is 1. The van der Waals surface area contributed by atoms with Gasteiger partial charge in [0.1, 0.15) is 0 Å². The Morgan fingerprint density at radius 2 is 2.14 bits per heavy atom. The molecule has 0 aromatic carbocycles. The van der Waals surface area contributed by atoms with E-state index in [1.54, 1.807) is 6.07 Å². The van der Waals surface area contributed by atoms with Crippen molar-refractivity contribution in [3.8, 4) is 0 Å². The van der Waals surface area contributed by atoms with E-state index in [1.165, 1.54) is 44.2 Å². The van der Waals surface area contributed by atoms with Crippen molar-refractivity contribution in [1.82, 2.24) is 10.3 Å². The van der Waals surface area contributed by atoms with E-state index >= 15 is 0 Å². The van der Waals surface area contributed by atoms with Crippen molar-refractivity contribution in [2.24, 2.45) is 11.3 Å². The molecule has 5 nitrogen and oxygen atoms in total. The molecular weight excluding hydrogens is 268 g/mol. The molecule has 0 bridgehead atoms. The Labute approximate surface area is 123 Å². The molecule has 21 heavy (non-hydrogen) atoms. The minimum absolute atomic E-state index is 0.139. The number of rotatable bonds is 6. The van der Waals surface area contributed by atoms with Gasteiger partial charge >= 0.3 is 5.97 Å². The number of pyridine rings is 1. The molecule has 2 aliphatic rings. The molecule has 5 heteroatoms. The second kappa shape index (κ2) is 5.31. The molecule has 0 aliphatic heterocycles. The monoisotopic (exact) mass is 286 g/mol. The van der Waals surface area contributed by atoms with E-state index in [4.69, 9.17) is 5.11 Å². The molecular formula is C16H18N2O3. The number of carbonyl (C=O) groups is 2. The lowest BCUT2D eigenvalue weighted by molar-refractivity contribution is -0.131. The van der Waals surface area contributed by atoms with E-state index in [9.17, 15) is 9.59 Å². The van der Waals surface area contributed by atoms with E-state index < -0.39 is 5.97 Å². The second-order valence-corrected chi connectivity index (χ2v) is 6.00. The number of nitrogens with one attached hydrogen (secondary N) is 1. The number of amides is 1. The number of nitrogens with zero attached hydrogens (tertiary/aromatic N) is 1. The number of hydrogen-bond acceptors (Lipinski definition) is 3. The Balaban J connectivity index is 1.61. The van der Waals surface area contributed by atoms with Gasteiger partial charge in [-0.2, -0.15) is 0 Å². The maximum atomic E-state index is 12.2. The SMILES string of the molecule is O=C(O)/C=C/c1cncc(C(=O)NCC2(C3CC3)CC2)c1. The Morgan fingerprint density at radius 1 is 1.38 bits per heavy atom. The third kappa shape index (κ3) is 3.29. The first kappa shape index (κ1) is 13.8. The highest BCUT2D eigenvalue weighted by atomic mass is 16.4. The number of aliphatic carboxylic acids is 1. The summed E-state index contributed by atoms with van der Waals surface area (Å²) in [4.78, 5) is 26.6. The lowest BCUT2D eigenvalue weighted by atomic mass is 10.0. The van der Waals surface area contributed by atoms with Crippen LogP contribution in [0.2, 0.25) is 0 Å². The predicted octanol–water partition coefficient (Wildman–Crippen LogP) is 2.10. The van der Waals surface area contributed by atoms with Crippen molar-refractivity contribution in [3.63, 3.8) is 0 Å². The van der Waals surface area contributed by atoms with Crippen molar-refractivity contribution in [2.75, 3.05) is 6.54 Å². The first-order chi connectivity index (χ1) is 10.1. The second-order valence-electron chi connectivity index (χ2n) is 6.00. The van der Waals surface area contributed by atoms with Gasteiger partial charge in [-0.05, 0) is 54.7 Å². The summed E-state index contributed by atoms with van der Waals surface area (Å²) in [5.74, 6) is -0.356. The van der Waals surface area contributed by atoms with Crippen LogP contribution in [0.3, 0.4) is 0 Å². The fraction of sp³-hybridized carbons (Fsp3) is 0.438. The van der Waals surface area contributed by atoms with E-state index in [2.05, 4.69) is 10.3 Å². The van der Waals surface area contributed by atoms with Gasteiger partial charge in [-0.1, -0.05) is 0 Å². The highest BCUT2D eigenvalue weighted by Crippen LogP contribution is 2.60. The van der Waals surface area contributed by atoms with Gasteiger partial charge in [0.25, 0.3) is 5.91 Å². The highest BCUT2D eigenvalue weighted by molar-refractivity contribution is 5.94. The molecule has 0 spiro atoms. The van der Waals surface area contributed by atoms with Crippen LogP contribution in [0.25, 0.3) is 6.08 Å². The van der Waals surface area contributed by atoms with E-state index in [1.807, 2.05) is 0 Å². The number of aromatic nitrogens is 1. The fourth-order valence-electron chi connectivity index (χ4n) is 2.78. The standard InChI is InChI=1S/C16H18N2O3/c19-14(20)4-1-11-7-12(9-17-8-11)15(21)18-10-16(5-6-16)13-2-3-13/h1,4,7-9,13H,2-3,5-6,10H2,(H,18,21)(H,19,20)/b4-1+. The van der Waals surface area contributed by atoms with Gasteiger partial charge in [0.2, 0.25) is 0 Å². The van der Waals surface area contributed by atoms with Crippen LogP contribution in [-0.2, 0) is 4.79 Å². The summed E-state index contributed by atoms with van der Waals surface area (Å²) >= 11 is 0. The molecule has 2 fully saturated rings. The Bertz CT molecular complexity index is 601. The van der Waals surface area contributed by atoms with E-state index in [0.29, 0.717) is 16.5 Å². The predicted molar refractivity (Wildman–Crippen MR) is 77.6 cm³/mol. The van der Waals surface area contributed by atoms with Gasteiger partial charge in [-0.25, -0.2) is 4.79 Å². The topological polar surface area (TPSA) is 79.3 Å². The van der Waals surface area contributed by atoms with Gasteiger partial charge < -0.3 is 10.4 Å². The van der Waals surface area contributed by atoms with Crippen LogP contribution < -0.4 is 5.32 Å². The first-order valence-electron chi connectivity index (χ1n) is 7.23. The van der Waals surface area contributed by atoms with Crippen molar-refractivity contribution in [2.45, 2.75) is 25.7 Å². The van der Waals surface area contributed by atoms with Gasteiger partial charge in [-0.3, -0.25) is 9.78 Å². The largest absolute Gasteiger partial charge is 0.478 e. The van der Waals surface area contributed by atoms with Crippen molar-refractivity contribution < 1.29 is 14.7 Å². The van der Waals surface area contributed by atoms with E-state index in [-0.39, 0.29) is 5.91 Å². The summed E-state index contributed by atoms with van der Waals surface area (Å²) in [5, 5.41) is 11.6. The summed E-state index contributed by atoms with van der Waals surface area (Å²) in [6.45, 7) is 0.742. The number of hydrogen-bond donors (Lipinski definition) is 2. The molecule has 2 N–H and O–H groups in total. The zero-order valence-corrected chi connectivity index (χ0v) is 11.7. The summed E-state index contributed by atoms with van der Waals surface area (Å²) in [7, 11) is 0. The van der Waals surface area contributed by atoms with Gasteiger partial charge in [0, 0.05) is 25.0 Å². The molecule has 0 saturated heterocycles. The third-order valence-electron chi connectivity index (χ3n) is 4.38. The smallest absolute Gasteiger partial charge is 0.328 e. The summed E-state index contributed by atoms with van der Waals surface area (Å²) in [6.07, 6.45) is 10.5. The zero-order valence-electron chi connectivity index (χ0n) is 11.7. The maximum absolute atomic E-state index is 12.2. The van der Waals surface area contributed by atoms with Crippen LogP contribution in [-0.4, -0.2) is 28.5 Å². The molecule has 1 heterocycles. The summed E-state index contributed by atoms with van der Waals surface area (Å²) < 4.78 is 0. The van der Waals surface area contributed by atoms with Crippen molar-refractivity contribution >= 4 is 18.0 Å². The Hall–Kier alpha value is -2.17. The summed E-state index contributed by atoms with van der Waals surface area (Å²) in [6, 6.07) is 1.65. The minimum atomic E-state index is -1.02. The first-order valence-corrected chi connectivity index (χ1v) is 7.23. The molecule has 2 saturated carbocycles. The van der Waals surface area contributed by atoms with Crippen molar-refractivity contribution in [3.05, 3.63) is 35.7 Å². The van der Waals surface area contributed by atoms with Crippen LogP contribution >= 0.6 is 0 Å². The normalized spacial score (nSPS) is 19.4. The Kier molecular flexibility index (Phi) is 3.49. The van der Waals surface area contributed by atoms with E-state index in [0.717, 1.165) is 18.5 Å². The summed E-state index contributed by atoms with van der Waals surface area (Å²) in [5.41, 5.74) is 1.44. The average molecular weight is 286 g/mol. The highest BCUT2D eigenvalue weighted by Gasteiger charge is 2.53. The molecule has 1 amide bonds. The molecule has 110 valence electrons. The van der Waals surface area contributed by atoms with Crippen molar-refractivity contribution in [1.29, 1.82) is 0 Å². The molecule has 2 aliphatic carbocycles. The van der Waals surface area contributed by atoms with Crippen LogP contribution in [0.15, 0.2) is 24.5 Å². The minimum Gasteiger partial charge on any atom is -0.478 e. The molecule has 1 aromatic heterocycles. The molecule has 0 unspecified atom stereocenters. The van der Waals surface area contributed by atoms with Crippen LogP contribution in [0.4, 0.5) is 0 Å². The van der Waals surface area contributed by atoms with Gasteiger partial charge in [0.15, 0.2) is 0 Å². The molecule has 1 aromatic rings. The lowest BCUT2D eigenvalue weighted by Gasteiger charge is -2.14. The van der Waals surface area contributed by atoms with Gasteiger partial charge in [-0.15, -0.1) is 0 Å². The zero-order chi connectivity index (χ0) is 14.9. The maximum Gasteiger partial charge on any atom is 0.328 e. The molecule has 3 rings (SSSR count). The molecule has 0 radical (unpaired) electrons. The average Bonchev–Trinajstić information content (AvgIpc) is 3.35. The fourth-order valence-corrected chi connectivity index (χ4v) is 2.78.